The molecule has 10 heteroatoms. The number of ketones is 1. The summed E-state index contributed by atoms with van der Waals surface area (Å²) in [6, 6.07) is 18.0. The van der Waals surface area contributed by atoms with Crippen molar-refractivity contribution < 1.29 is 13.2 Å². The molecule has 0 aliphatic carbocycles. The molecule has 0 radical (unpaired) electrons. The van der Waals surface area contributed by atoms with Crippen molar-refractivity contribution in [2.75, 3.05) is 16.7 Å². The van der Waals surface area contributed by atoms with Gasteiger partial charge in [-0.25, -0.2) is 8.42 Å². The fourth-order valence-corrected chi connectivity index (χ4v) is 4.63. The summed E-state index contributed by atoms with van der Waals surface area (Å²) in [5.74, 6) is 0.687. The van der Waals surface area contributed by atoms with Crippen LogP contribution in [0.25, 0.3) is 17.1 Å². The molecular weight excluding hydrogens is 458 g/mol. The van der Waals surface area contributed by atoms with Gasteiger partial charge in [-0.1, -0.05) is 30.0 Å². The van der Waals surface area contributed by atoms with Crippen molar-refractivity contribution in [2.45, 2.75) is 12.1 Å². The van der Waals surface area contributed by atoms with E-state index in [2.05, 4.69) is 19.9 Å². The van der Waals surface area contributed by atoms with Gasteiger partial charge in [0.2, 0.25) is 10.0 Å². The Morgan fingerprint density at radius 2 is 1.79 bits per heavy atom. The smallest absolute Gasteiger partial charge is 0.229 e. The second kappa shape index (κ2) is 9.55. The first-order chi connectivity index (χ1) is 15.8. The van der Waals surface area contributed by atoms with Crippen LogP contribution in [0.4, 0.5) is 5.69 Å². The minimum atomic E-state index is -3.37. The number of hydrogen-bond acceptors (Lipinski definition) is 7. The largest absolute Gasteiger partial charge is 0.293 e. The van der Waals surface area contributed by atoms with Crippen molar-refractivity contribution >= 4 is 33.3 Å². The van der Waals surface area contributed by atoms with Gasteiger partial charge in [0.15, 0.2) is 16.8 Å². The van der Waals surface area contributed by atoms with E-state index in [0.717, 1.165) is 23.1 Å². The first kappa shape index (κ1) is 22.7. The molecule has 0 aliphatic rings. The minimum Gasteiger partial charge on any atom is -0.293 e. The predicted octanol–water partition coefficient (Wildman–Crippen LogP) is 3.98. The second-order valence-electron chi connectivity index (χ2n) is 7.33. The molecule has 0 atom stereocenters. The van der Waals surface area contributed by atoms with E-state index in [9.17, 15) is 13.2 Å². The Morgan fingerprint density at radius 3 is 2.45 bits per heavy atom. The molecule has 0 bridgehead atoms. The van der Waals surface area contributed by atoms with Crippen LogP contribution in [0.15, 0.2) is 78.2 Å². The van der Waals surface area contributed by atoms with Gasteiger partial charge in [0.1, 0.15) is 0 Å². The first-order valence-corrected chi connectivity index (χ1v) is 12.9. The second-order valence-corrected chi connectivity index (χ2v) is 10.0. The first-order valence-electron chi connectivity index (χ1n) is 9.97. The molecule has 8 nitrogen and oxygen atoms in total. The van der Waals surface area contributed by atoms with E-state index in [0.29, 0.717) is 22.2 Å². The number of rotatable bonds is 8. The van der Waals surface area contributed by atoms with Gasteiger partial charge in [0, 0.05) is 29.2 Å². The Labute approximate surface area is 196 Å². The fourth-order valence-electron chi connectivity index (χ4n) is 3.23. The highest BCUT2D eigenvalue weighted by Gasteiger charge is 2.19. The minimum absolute atomic E-state index is 0.104. The lowest BCUT2D eigenvalue weighted by molar-refractivity contribution is 0.102. The monoisotopic (exact) mass is 479 g/mol. The number of aryl methyl sites for hydroxylation is 1. The van der Waals surface area contributed by atoms with Gasteiger partial charge in [-0.05, 0) is 55.0 Å². The summed E-state index contributed by atoms with van der Waals surface area (Å²) in [6.07, 6.45) is 4.50. The van der Waals surface area contributed by atoms with Crippen LogP contribution in [0.1, 0.15) is 15.9 Å². The lowest BCUT2D eigenvalue weighted by Crippen LogP contribution is -2.10. The molecule has 2 heterocycles. The molecule has 4 rings (SSSR count). The van der Waals surface area contributed by atoms with E-state index in [-0.39, 0.29) is 11.5 Å². The van der Waals surface area contributed by atoms with Crippen LogP contribution < -0.4 is 4.72 Å². The highest BCUT2D eigenvalue weighted by Crippen LogP contribution is 2.29. The zero-order valence-corrected chi connectivity index (χ0v) is 19.6. The van der Waals surface area contributed by atoms with Crippen molar-refractivity contribution in [3.8, 4) is 17.1 Å². The zero-order valence-electron chi connectivity index (χ0n) is 18.0. The molecule has 0 aliphatic heterocycles. The van der Waals surface area contributed by atoms with Crippen LogP contribution in [0.2, 0.25) is 0 Å². The number of carbonyl (C=O) groups excluding carboxylic acids is 1. The van der Waals surface area contributed by atoms with Crippen LogP contribution in [0, 0.1) is 6.92 Å². The lowest BCUT2D eigenvalue weighted by Gasteiger charge is -2.12. The third-order valence-corrected chi connectivity index (χ3v) is 6.29. The number of anilines is 1. The molecular formula is C23H21N5O3S2. The number of hydrogen-bond donors (Lipinski definition) is 1. The fraction of sp³-hybridized carbons (Fsp3) is 0.130. The van der Waals surface area contributed by atoms with E-state index in [1.807, 2.05) is 47.9 Å². The van der Waals surface area contributed by atoms with Gasteiger partial charge in [-0.15, -0.1) is 10.2 Å². The average Bonchev–Trinajstić information content (AvgIpc) is 3.21. The quantitative estimate of drug-likeness (QED) is 0.301. The maximum atomic E-state index is 12.8. The molecule has 2 aromatic heterocycles. The van der Waals surface area contributed by atoms with Crippen molar-refractivity contribution in [1.29, 1.82) is 0 Å². The maximum absolute atomic E-state index is 12.8. The molecule has 33 heavy (non-hydrogen) atoms. The Kier molecular flexibility index (Phi) is 6.57. The number of benzene rings is 2. The third-order valence-electron chi connectivity index (χ3n) is 4.75. The van der Waals surface area contributed by atoms with Crippen LogP contribution in [0.5, 0.6) is 0 Å². The molecule has 0 amide bonds. The Balaban J connectivity index is 1.59. The van der Waals surface area contributed by atoms with Crippen LogP contribution >= 0.6 is 11.8 Å². The van der Waals surface area contributed by atoms with Crippen molar-refractivity contribution in [3.63, 3.8) is 0 Å². The number of pyridine rings is 1. The number of thioether (sulfide) groups is 1. The summed E-state index contributed by atoms with van der Waals surface area (Å²) in [6.45, 7) is 2.01. The summed E-state index contributed by atoms with van der Waals surface area (Å²) >= 11 is 1.29. The van der Waals surface area contributed by atoms with Crippen molar-refractivity contribution in [2.24, 2.45) is 0 Å². The Morgan fingerprint density at radius 1 is 1.03 bits per heavy atom. The summed E-state index contributed by atoms with van der Waals surface area (Å²) in [7, 11) is -3.37. The third kappa shape index (κ3) is 5.47. The summed E-state index contributed by atoms with van der Waals surface area (Å²) in [4.78, 5) is 17.0. The van der Waals surface area contributed by atoms with Crippen LogP contribution in [0.3, 0.4) is 0 Å². The van der Waals surface area contributed by atoms with E-state index in [1.165, 1.54) is 11.8 Å². The molecule has 0 spiro atoms. The molecule has 2 aromatic carbocycles. The SMILES string of the molecule is Cc1ccccc1-n1c(SCC(=O)c2ccc(NS(C)(=O)=O)cc2)nnc1-c1cccnc1. The number of carbonyl (C=O) groups is 1. The number of sulfonamides is 1. The number of Topliss-reactive ketones (excluding diaryl/α,β-unsaturated/α-hetero) is 1. The summed E-state index contributed by atoms with van der Waals surface area (Å²) < 4.78 is 27.0. The summed E-state index contributed by atoms with van der Waals surface area (Å²) in [5, 5.41) is 9.31. The van der Waals surface area contributed by atoms with E-state index >= 15 is 0 Å². The normalized spacial score (nSPS) is 11.3. The molecule has 0 fully saturated rings. The maximum Gasteiger partial charge on any atom is 0.229 e. The number of para-hydroxylation sites is 1. The van der Waals surface area contributed by atoms with Crippen LogP contribution in [-0.4, -0.2) is 46.0 Å². The lowest BCUT2D eigenvalue weighted by atomic mass is 10.1. The van der Waals surface area contributed by atoms with Gasteiger partial charge >= 0.3 is 0 Å². The van der Waals surface area contributed by atoms with Crippen molar-refractivity contribution in [3.05, 3.63) is 84.2 Å². The number of nitrogens with zero attached hydrogens (tertiary/aromatic N) is 4. The molecule has 4 aromatic rings. The Hall–Kier alpha value is -3.50. The number of nitrogens with one attached hydrogen (secondary N) is 1. The highest BCUT2D eigenvalue weighted by molar-refractivity contribution is 7.99. The number of aromatic nitrogens is 4. The van der Waals surface area contributed by atoms with E-state index in [4.69, 9.17) is 0 Å². The van der Waals surface area contributed by atoms with Gasteiger partial charge in [-0.3, -0.25) is 19.1 Å². The Bertz CT molecular complexity index is 1390. The van der Waals surface area contributed by atoms with E-state index < -0.39 is 10.0 Å². The topological polar surface area (TPSA) is 107 Å². The van der Waals surface area contributed by atoms with Gasteiger partial charge in [-0.2, -0.15) is 0 Å². The van der Waals surface area contributed by atoms with Gasteiger partial charge < -0.3 is 0 Å². The molecule has 0 saturated heterocycles. The molecule has 168 valence electrons. The van der Waals surface area contributed by atoms with Crippen LogP contribution in [-0.2, 0) is 10.0 Å². The standard InChI is InChI=1S/C23H21N5O3S2/c1-16-6-3-4-8-20(16)28-22(18-7-5-13-24-14-18)25-26-23(28)32-15-21(29)17-9-11-19(12-10-17)27-33(2,30)31/h3-14,27H,15H2,1-2H3. The average molecular weight is 480 g/mol. The molecule has 1 N–H and O–H groups in total. The molecule has 0 unspecified atom stereocenters. The van der Waals surface area contributed by atoms with Gasteiger partial charge in [0.25, 0.3) is 0 Å². The highest BCUT2D eigenvalue weighted by atomic mass is 32.2. The molecule has 0 saturated carbocycles. The zero-order chi connectivity index (χ0) is 23.4. The van der Waals surface area contributed by atoms with E-state index in [1.54, 1.807) is 36.7 Å². The predicted molar refractivity (Wildman–Crippen MR) is 129 cm³/mol. The van der Waals surface area contributed by atoms with Crippen molar-refractivity contribution in [1.82, 2.24) is 19.7 Å². The summed E-state index contributed by atoms with van der Waals surface area (Å²) in [5.41, 5.74) is 3.68. The van der Waals surface area contributed by atoms with Gasteiger partial charge in [0.05, 0.1) is 17.7 Å².